The normalized spacial score (nSPS) is 11.9. The molecule has 0 fully saturated rings. The van der Waals surface area contributed by atoms with Gasteiger partial charge < -0.3 is 20.5 Å². The molecule has 1 atom stereocenters. The lowest BCUT2D eigenvalue weighted by Crippen LogP contribution is -2.32. The van der Waals surface area contributed by atoms with Crippen LogP contribution in [0.1, 0.15) is 43.4 Å². The van der Waals surface area contributed by atoms with Crippen LogP contribution >= 0.6 is 12.4 Å². The first kappa shape index (κ1) is 21.9. The SMILES string of the molecule is COCCOCCC(=O)NCC(N)c1ccc(C(C)C)cc1.Cl. The molecule has 0 spiro atoms. The van der Waals surface area contributed by atoms with Crippen molar-refractivity contribution in [3.8, 4) is 0 Å². The molecule has 3 N–H and O–H groups in total. The molecular formula is C17H29ClN2O3. The molecule has 0 aliphatic carbocycles. The Bertz CT molecular complexity index is 438. The van der Waals surface area contributed by atoms with E-state index < -0.39 is 0 Å². The van der Waals surface area contributed by atoms with Crippen molar-refractivity contribution >= 4 is 18.3 Å². The molecule has 1 rings (SSSR count). The lowest BCUT2D eigenvalue weighted by atomic mass is 9.99. The Balaban J connectivity index is 0.00000484. The molecule has 6 heteroatoms. The van der Waals surface area contributed by atoms with E-state index in [1.165, 1.54) is 5.56 Å². The molecule has 0 saturated heterocycles. The van der Waals surface area contributed by atoms with Crippen LogP contribution in [0.2, 0.25) is 0 Å². The minimum absolute atomic E-state index is 0. The average Bonchev–Trinajstić information content (AvgIpc) is 2.52. The van der Waals surface area contributed by atoms with Crippen LogP contribution in [0.15, 0.2) is 24.3 Å². The van der Waals surface area contributed by atoms with Gasteiger partial charge in [-0.1, -0.05) is 38.1 Å². The Labute approximate surface area is 145 Å². The lowest BCUT2D eigenvalue weighted by molar-refractivity contribution is -0.122. The fraction of sp³-hybridized carbons (Fsp3) is 0.588. The number of hydrogen-bond donors (Lipinski definition) is 2. The van der Waals surface area contributed by atoms with E-state index in [0.717, 1.165) is 5.56 Å². The Morgan fingerprint density at radius 1 is 1.13 bits per heavy atom. The monoisotopic (exact) mass is 344 g/mol. The third-order valence-corrected chi connectivity index (χ3v) is 3.46. The maximum atomic E-state index is 11.7. The van der Waals surface area contributed by atoms with Gasteiger partial charge in [0.2, 0.25) is 5.91 Å². The van der Waals surface area contributed by atoms with Gasteiger partial charge in [-0.05, 0) is 17.0 Å². The zero-order valence-electron chi connectivity index (χ0n) is 14.2. The average molecular weight is 345 g/mol. The first-order valence-corrected chi connectivity index (χ1v) is 7.73. The second kappa shape index (κ2) is 12.3. The largest absolute Gasteiger partial charge is 0.382 e. The number of carbonyl (C=O) groups is 1. The van der Waals surface area contributed by atoms with Gasteiger partial charge in [-0.25, -0.2) is 0 Å². The molecule has 0 radical (unpaired) electrons. The number of carbonyl (C=O) groups excluding carboxylic acids is 1. The van der Waals surface area contributed by atoms with Crippen LogP contribution in [0.4, 0.5) is 0 Å². The van der Waals surface area contributed by atoms with Gasteiger partial charge in [-0.3, -0.25) is 4.79 Å². The highest BCUT2D eigenvalue weighted by Gasteiger charge is 2.09. The van der Waals surface area contributed by atoms with E-state index in [-0.39, 0.29) is 24.4 Å². The Hall–Kier alpha value is -1.14. The van der Waals surface area contributed by atoms with Gasteiger partial charge in [0.15, 0.2) is 0 Å². The van der Waals surface area contributed by atoms with Crippen LogP contribution in [-0.2, 0) is 14.3 Å². The smallest absolute Gasteiger partial charge is 0.222 e. The highest BCUT2D eigenvalue weighted by molar-refractivity contribution is 5.85. The van der Waals surface area contributed by atoms with Gasteiger partial charge in [0, 0.05) is 26.1 Å². The number of benzene rings is 1. The molecule has 0 aromatic heterocycles. The molecular weight excluding hydrogens is 316 g/mol. The predicted octanol–water partition coefficient (Wildman–Crippen LogP) is 2.40. The quantitative estimate of drug-likeness (QED) is 0.639. The van der Waals surface area contributed by atoms with Gasteiger partial charge in [0.1, 0.15) is 0 Å². The van der Waals surface area contributed by atoms with E-state index in [9.17, 15) is 4.79 Å². The summed E-state index contributed by atoms with van der Waals surface area (Å²) in [5.41, 5.74) is 8.42. The van der Waals surface area contributed by atoms with Crippen LogP contribution in [0.5, 0.6) is 0 Å². The highest BCUT2D eigenvalue weighted by atomic mass is 35.5. The lowest BCUT2D eigenvalue weighted by Gasteiger charge is -2.14. The molecule has 0 aliphatic rings. The summed E-state index contributed by atoms with van der Waals surface area (Å²) in [6, 6.07) is 8.04. The van der Waals surface area contributed by atoms with Crippen molar-refractivity contribution in [1.82, 2.24) is 5.32 Å². The molecule has 23 heavy (non-hydrogen) atoms. The van der Waals surface area contributed by atoms with E-state index in [0.29, 0.717) is 38.7 Å². The second-order valence-corrected chi connectivity index (χ2v) is 5.59. The number of hydrogen-bond acceptors (Lipinski definition) is 4. The molecule has 1 aromatic carbocycles. The first-order valence-electron chi connectivity index (χ1n) is 7.73. The Morgan fingerprint density at radius 3 is 2.30 bits per heavy atom. The molecule has 0 saturated carbocycles. The number of rotatable bonds is 10. The topological polar surface area (TPSA) is 73.6 Å². The fourth-order valence-corrected chi connectivity index (χ4v) is 1.97. The molecule has 1 amide bonds. The number of ether oxygens (including phenoxy) is 2. The van der Waals surface area contributed by atoms with Gasteiger partial charge in [-0.2, -0.15) is 0 Å². The van der Waals surface area contributed by atoms with Crippen molar-refractivity contribution in [3.63, 3.8) is 0 Å². The second-order valence-electron chi connectivity index (χ2n) is 5.59. The molecule has 0 heterocycles. The fourth-order valence-electron chi connectivity index (χ4n) is 1.97. The molecule has 1 unspecified atom stereocenters. The van der Waals surface area contributed by atoms with Crippen LogP contribution in [-0.4, -0.2) is 39.4 Å². The number of nitrogens with two attached hydrogens (primary N) is 1. The number of nitrogens with one attached hydrogen (secondary N) is 1. The molecule has 0 aliphatic heterocycles. The summed E-state index contributed by atoms with van der Waals surface area (Å²) >= 11 is 0. The third-order valence-electron chi connectivity index (χ3n) is 3.46. The maximum Gasteiger partial charge on any atom is 0.222 e. The van der Waals surface area contributed by atoms with Gasteiger partial charge in [0.05, 0.1) is 19.8 Å². The van der Waals surface area contributed by atoms with Crippen molar-refractivity contribution < 1.29 is 14.3 Å². The van der Waals surface area contributed by atoms with E-state index in [1.54, 1.807) is 7.11 Å². The van der Waals surface area contributed by atoms with Gasteiger partial charge >= 0.3 is 0 Å². The van der Waals surface area contributed by atoms with Crippen molar-refractivity contribution in [1.29, 1.82) is 0 Å². The zero-order chi connectivity index (χ0) is 16.4. The minimum atomic E-state index is -0.195. The Kier molecular flexibility index (Phi) is 11.7. The third kappa shape index (κ3) is 8.91. The summed E-state index contributed by atoms with van der Waals surface area (Å²) in [5, 5.41) is 2.83. The highest BCUT2D eigenvalue weighted by Crippen LogP contribution is 2.17. The number of methoxy groups -OCH3 is 1. The summed E-state index contributed by atoms with van der Waals surface area (Å²) in [4.78, 5) is 11.7. The number of amides is 1. The van der Waals surface area contributed by atoms with E-state index >= 15 is 0 Å². The molecule has 5 nitrogen and oxygen atoms in total. The van der Waals surface area contributed by atoms with Gasteiger partial charge in [-0.15, -0.1) is 12.4 Å². The number of halogens is 1. The summed E-state index contributed by atoms with van der Waals surface area (Å²) in [6.07, 6.45) is 0.336. The molecule has 0 bridgehead atoms. The predicted molar refractivity (Wildman–Crippen MR) is 95.0 cm³/mol. The maximum absolute atomic E-state index is 11.7. The molecule has 1 aromatic rings. The van der Waals surface area contributed by atoms with Crippen molar-refractivity contribution in [3.05, 3.63) is 35.4 Å². The van der Waals surface area contributed by atoms with Crippen LogP contribution in [0.3, 0.4) is 0 Å². The van der Waals surface area contributed by atoms with Crippen molar-refractivity contribution in [2.24, 2.45) is 5.73 Å². The summed E-state index contributed by atoms with van der Waals surface area (Å²) < 4.78 is 10.1. The standard InChI is InChI=1S/C17H28N2O3.ClH/c1-13(2)14-4-6-15(7-5-14)16(18)12-19-17(20)8-9-22-11-10-21-3;/h4-7,13,16H,8-12,18H2,1-3H3,(H,19,20);1H. The molecule has 132 valence electrons. The van der Waals surface area contributed by atoms with E-state index in [2.05, 4.69) is 31.3 Å². The first-order chi connectivity index (χ1) is 10.5. The van der Waals surface area contributed by atoms with E-state index in [1.807, 2.05) is 12.1 Å². The van der Waals surface area contributed by atoms with Crippen LogP contribution in [0, 0.1) is 0 Å². The minimum Gasteiger partial charge on any atom is -0.382 e. The van der Waals surface area contributed by atoms with Crippen LogP contribution < -0.4 is 11.1 Å². The van der Waals surface area contributed by atoms with Crippen molar-refractivity contribution in [2.45, 2.75) is 32.2 Å². The zero-order valence-corrected chi connectivity index (χ0v) is 15.0. The van der Waals surface area contributed by atoms with Crippen LogP contribution in [0.25, 0.3) is 0 Å². The van der Waals surface area contributed by atoms with Crippen molar-refractivity contribution in [2.75, 3.05) is 33.5 Å². The Morgan fingerprint density at radius 2 is 1.74 bits per heavy atom. The van der Waals surface area contributed by atoms with Gasteiger partial charge in [0.25, 0.3) is 0 Å². The summed E-state index contributed by atoms with van der Waals surface area (Å²) in [7, 11) is 1.62. The summed E-state index contributed by atoms with van der Waals surface area (Å²) in [5.74, 6) is 0.453. The summed E-state index contributed by atoms with van der Waals surface area (Å²) in [6.45, 7) is 6.18. The van der Waals surface area contributed by atoms with E-state index in [4.69, 9.17) is 15.2 Å².